The topological polar surface area (TPSA) is 67.6 Å². The lowest BCUT2D eigenvalue weighted by Gasteiger charge is -2.29. The lowest BCUT2D eigenvalue weighted by Crippen LogP contribution is -2.35. The van der Waals surface area contributed by atoms with Gasteiger partial charge in [-0.25, -0.2) is 0 Å². The molecule has 1 fully saturated rings. The van der Waals surface area contributed by atoms with Crippen LogP contribution in [-0.2, 0) is 6.42 Å². The molecule has 0 aromatic heterocycles. The fraction of sp³-hybridized carbons (Fsp3) is 0.381. The van der Waals surface area contributed by atoms with E-state index in [1.807, 2.05) is 48.5 Å². The molecule has 2 aromatic carbocycles. The predicted molar refractivity (Wildman–Crippen MR) is 105 cm³/mol. The van der Waals surface area contributed by atoms with Gasteiger partial charge < -0.3 is 20.7 Å². The minimum absolute atomic E-state index is 0.117. The molecule has 26 heavy (non-hydrogen) atoms. The van der Waals surface area contributed by atoms with Crippen molar-refractivity contribution in [2.45, 2.75) is 25.4 Å². The highest BCUT2D eigenvalue weighted by atomic mass is 16.5. The first-order valence-corrected chi connectivity index (χ1v) is 9.19. The molecule has 0 bridgehead atoms. The van der Waals surface area contributed by atoms with Gasteiger partial charge in [0.05, 0.1) is 0 Å². The van der Waals surface area contributed by atoms with Crippen molar-refractivity contribution in [2.75, 3.05) is 32.0 Å². The Morgan fingerprint density at radius 2 is 1.77 bits per heavy atom. The molecule has 1 heterocycles. The van der Waals surface area contributed by atoms with Gasteiger partial charge in [0.25, 0.3) is 5.91 Å². The molecule has 0 unspecified atom stereocenters. The van der Waals surface area contributed by atoms with E-state index < -0.39 is 0 Å². The fourth-order valence-corrected chi connectivity index (χ4v) is 3.10. The van der Waals surface area contributed by atoms with Crippen LogP contribution in [0.2, 0.25) is 0 Å². The average molecular weight is 353 g/mol. The van der Waals surface area contributed by atoms with Crippen molar-refractivity contribution in [3.05, 3.63) is 59.7 Å². The van der Waals surface area contributed by atoms with E-state index in [0.717, 1.165) is 49.4 Å². The first-order valence-electron chi connectivity index (χ1n) is 9.19. The van der Waals surface area contributed by atoms with Crippen molar-refractivity contribution in [1.29, 1.82) is 0 Å². The summed E-state index contributed by atoms with van der Waals surface area (Å²) in [5, 5.41) is 2.92. The summed E-state index contributed by atoms with van der Waals surface area (Å²) >= 11 is 0. The number of benzene rings is 2. The van der Waals surface area contributed by atoms with E-state index in [-0.39, 0.29) is 12.0 Å². The van der Waals surface area contributed by atoms with E-state index in [9.17, 15) is 4.79 Å². The number of hydrogen-bond donors (Lipinski definition) is 2. The summed E-state index contributed by atoms with van der Waals surface area (Å²) in [5.74, 6) is 0.733. The smallest absolute Gasteiger partial charge is 0.255 e. The van der Waals surface area contributed by atoms with Gasteiger partial charge in [-0.3, -0.25) is 4.79 Å². The molecule has 2 aromatic rings. The first kappa shape index (κ1) is 18.4. The fourth-order valence-electron chi connectivity index (χ4n) is 3.10. The molecule has 5 nitrogen and oxygen atoms in total. The van der Waals surface area contributed by atoms with Crippen LogP contribution in [0.25, 0.3) is 0 Å². The number of piperidine rings is 1. The molecular weight excluding hydrogens is 326 g/mol. The van der Waals surface area contributed by atoms with Crippen LogP contribution < -0.4 is 15.8 Å². The largest absolute Gasteiger partial charge is 0.490 e. The Bertz CT molecular complexity index is 705. The van der Waals surface area contributed by atoms with Gasteiger partial charge in [-0.2, -0.15) is 0 Å². The van der Waals surface area contributed by atoms with Crippen LogP contribution in [0, 0.1) is 0 Å². The summed E-state index contributed by atoms with van der Waals surface area (Å²) in [6, 6.07) is 15.1. The SMILES string of the molecule is CN1CCC(Oc2ccc(NC(=O)c3ccc(CCN)cc3)cc2)CC1. The molecular formula is C21H27N3O2. The number of rotatable bonds is 6. The van der Waals surface area contributed by atoms with Gasteiger partial charge >= 0.3 is 0 Å². The third-order valence-electron chi connectivity index (χ3n) is 4.73. The second-order valence-corrected chi connectivity index (χ2v) is 6.83. The van der Waals surface area contributed by atoms with Crippen LogP contribution in [0.5, 0.6) is 5.75 Å². The predicted octanol–water partition coefficient (Wildman–Crippen LogP) is 2.91. The number of likely N-dealkylation sites (tertiary alicyclic amines) is 1. The number of nitrogens with two attached hydrogens (primary N) is 1. The lowest BCUT2D eigenvalue weighted by molar-refractivity contribution is 0.102. The Balaban J connectivity index is 1.54. The van der Waals surface area contributed by atoms with Crippen molar-refractivity contribution < 1.29 is 9.53 Å². The summed E-state index contributed by atoms with van der Waals surface area (Å²) in [5.41, 5.74) is 8.08. The third-order valence-corrected chi connectivity index (χ3v) is 4.73. The minimum Gasteiger partial charge on any atom is -0.490 e. The molecule has 1 aliphatic heterocycles. The van der Waals surface area contributed by atoms with Crippen LogP contribution >= 0.6 is 0 Å². The van der Waals surface area contributed by atoms with E-state index in [4.69, 9.17) is 10.5 Å². The minimum atomic E-state index is -0.117. The molecule has 0 saturated carbocycles. The first-order chi connectivity index (χ1) is 12.6. The molecule has 3 rings (SSSR count). The average Bonchev–Trinajstić information content (AvgIpc) is 2.66. The van der Waals surface area contributed by atoms with Gasteiger partial charge in [0.2, 0.25) is 0 Å². The second-order valence-electron chi connectivity index (χ2n) is 6.83. The molecule has 1 amide bonds. The molecule has 138 valence electrons. The summed E-state index contributed by atoms with van der Waals surface area (Å²) in [4.78, 5) is 14.7. The maximum atomic E-state index is 12.3. The quantitative estimate of drug-likeness (QED) is 0.838. The molecule has 1 aliphatic rings. The highest BCUT2D eigenvalue weighted by Crippen LogP contribution is 2.21. The highest BCUT2D eigenvalue weighted by molar-refractivity contribution is 6.04. The van der Waals surface area contributed by atoms with Gasteiger partial charge in [0.15, 0.2) is 0 Å². The van der Waals surface area contributed by atoms with Crippen molar-refractivity contribution in [3.63, 3.8) is 0 Å². The van der Waals surface area contributed by atoms with E-state index in [1.54, 1.807) is 0 Å². The Morgan fingerprint density at radius 3 is 2.38 bits per heavy atom. The van der Waals surface area contributed by atoms with Gasteiger partial charge in [0, 0.05) is 24.3 Å². The van der Waals surface area contributed by atoms with Crippen molar-refractivity contribution in [3.8, 4) is 5.75 Å². The Morgan fingerprint density at radius 1 is 1.12 bits per heavy atom. The van der Waals surface area contributed by atoms with Crippen LogP contribution in [-0.4, -0.2) is 43.6 Å². The maximum absolute atomic E-state index is 12.3. The zero-order valence-electron chi connectivity index (χ0n) is 15.3. The number of carbonyl (C=O) groups is 1. The van der Waals surface area contributed by atoms with Gasteiger partial charge in [-0.05, 0) is 74.8 Å². The zero-order valence-corrected chi connectivity index (χ0v) is 15.3. The summed E-state index contributed by atoms with van der Waals surface area (Å²) < 4.78 is 6.03. The molecule has 0 aliphatic carbocycles. The third kappa shape index (κ3) is 5.07. The number of amides is 1. The Kier molecular flexibility index (Phi) is 6.26. The summed E-state index contributed by atoms with van der Waals surface area (Å²) in [6.07, 6.45) is 3.20. The van der Waals surface area contributed by atoms with Crippen LogP contribution in [0.4, 0.5) is 5.69 Å². The molecule has 0 atom stereocenters. The van der Waals surface area contributed by atoms with Gasteiger partial charge in [-0.15, -0.1) is 0 Å². The normalized spacial score (nSPS) is 15.6. The Hall–Kier alpha value is -2.37. The van der Waals surface area contributed by atoms with Crippen LogP contribution in [0.3, 0.4) is 0 Å². The summed E-state index contributed by atoms with van der Waals surface area (Å²) in [6.45, 7) is 2.75. The standard InChI is InChI=1S/C21H27N3O2/c1-24-14-11-20(12-15-24)26-19-8-6-18(7-9-19)23-21(25)17-4-2-16(3-5-17)10-13-22/h2-9,20H,10-15,22H2,1H3,(H,23,25). The van der Waals surface area contributed by atoms with Crippen molar-refractivity contribution in [2.24, 2.45) is 5.73 Å². The van der Waals surface area contributed by atoms with E-state index in [2.05, 4.69) is 17.3 Å². The molecule has 0 spiro atoms. The monoisotopic (exact) mass is 353 g/mol. The van der Waals surface area contributed by atoms with E-state index in [0.29, 0.717) is 12.1 Å². The highest BCUT2D eigenvalue weighted by Gasteiger charge is 2.17. The van der Waals surface area contributed by atoms with Crippen LogP contribution in [0.1, 0.15) is 28.8 Å². The molecule has 3 N–H and O–H groups in total. The second kappa shape index (κ2) is 8.83. The number of nitrogens with zero attached hydrogens (tertiary/aromatic N) is 1. The number of anilines is 1. The number of hydrogen-bond acceptors (Lipinski definition) is 4. The molecule has 1 saturated heterocycles. The molecule has 5 heteroatoms. The molecule has 0 radical (unpaired) electrons. The number of nitrogens with one attached hydrogen (secondary N) is 1. The van der Waals surface area contributed by atoms with Crippen LogP contribution in [0.15, 0.2) is 48.5 Å². The zero-order chi connectivity index (χ0) is 18.4. The van der Waals surface area contributed by atoms with Gasteiger partial charge in [-0.1, -0.05) is 12.1 Å². The number of carbonyl (C=O) groups excluding carboxylic acids is 1. The lowest BCUT2D eigenvalue weighted by atomic mass is 10.1. The van der Waals surface area contributed by atoms with Crippen molar-refractivity contribution in [1.82, 2.24) is 4.90 Å². The van der Waals surface area contributed by atoms with Crippen molar-refractivity contribution >= 4 is 11.6 Å². The summed E-state index contributed by atoms with van der Waals surface area (Å²) in [7, 11) is 2.14. The van der Waals surface area contributed by atoms with E-state index >= 15 is 0 Å². The number of ether oxygens (including phenoxy) is 1. The maximum Gasteiger partial charge on any atom is 0.255 e. The van der Waals surface area contributed by atoms with E-state index in [1.165, 1.54) is 0 Å². The Labute approximate surface area is 155 Å². The van der Waals surface area contributed by atoms with Gasteiger partial charge in [0.1, 0.15) is 11.9 Å².